The molecule has 4 nitrogen and oxygen atoms in total. The van der Waals surface area contributed by atoms with Gasteiger partial charge in [-0.05, 0) is 51.2 Å². The number of anilines is 1. The molecule has 1 aromatic rings. The maximum absolute atomic E-state index is 11.9. The average Bonchev–Trinajstić information content (AvgIpc) is 2.58. The van der Waals surface area contributed by atoms with E-state index >= 15 is 0 Å². The lowest BCUT2D eigenvalue weighted by Gasteiger charge is -2.14. The Kier molecular flexibility index (Phi) is 7.50. The summed E-state index contributed by atoms with van der Waals surface area (Å²) < 4.78 is 5.56. The van der Waals surface area contributed by atoms with Gasteiger partial charge in [-0.25, -0.2) is 0 Å². The Morgan fingerprint density at radius 2 is 2.09 bits per heavy atom. The first kappa shape index (κ1) is 17.4. The average molecular weight is 316 g/mol. The van der Waals surface area contributed by atoms with E-state index in [2.05, 4.69) is 16.7 Å². The van der Waals surface area contributed by atoms with E-state index in [-0.39, 0.29) is 5.91 Å². The summed E-state index contributed by atoms with van der Waals surface area (Å²) in [4.78, 5) is 11.9. The van der Waals surface area contributed by atoms with Crippen LogP contribution in [-0.2, 0) is 4.79 Å². The van der Waals surface area contributed by atoms with Crippen LogP contribution in [0.5, 0.6) is 5.75 Å². The minimum Gasteiger partial charge on any atom is -0.492 e. The highest BCUT2D eigenvalue weighted by molar-refractivity contribution is 5.76. The third kappa shape index (κ3) is 6.35. The van der Waals surface area contributed by atoms with Crippen LogP contribution in [0.1, 0.15) is 45.4 Å². The van der Waals surface area contributed by atoms with Gasteiger partial charge in [0, 0.05) is 19.5 Å². The molecule has 0 unspecified atom stereocenters. The fraction of sp³-hybridized carbons (Fsp3) is 0.526. The Morgan fingerprint density at radius 3 is 2.87 bits per heavy atom. The van der Waals surface area contributed by atoms with Gasteiger partial charge in [-0.2, -0.15) is 0 Å². The number of amides is 1. The predicted molar refractivity (Wildman–Crippen MR) is 94.9 cm³/mol. The number of carbonyl (C=O) groups is 1. The third-order valence-corrected chi connectivity index (χ3v) is 4.01. The summed E-state index contributed by atoms with van der Waals surface area (Å²) in [6.45, 7) is 3.96. The lowest BCUT2D eigenvalue weighted by molar-refractivity contribution is -0.120. The zero-order valence-electron chi connectivity index (χ0n) is 14.1. The van der Waals surface area contributed by atoms with Gasteiger partial charge in [0.05, 0.1) is 12.3 Å². The fourth-order valence-electron chi connectivity index (χ4n) is 2.79. The molecule has 0 fully saturated rings. The van der Waals surface area contributed by atoms with Crippen LogP contribution in [0.15, 0.2) is 35.9 Å². The summed E-state index contributed by atoms with van der Waals surface area (Å²) in [5.74, 6) is 0.933. The molecule has 0 aromatic heterocycles. The SMILES string of the molecule is CCOc1ccccc1NCCC(=O)NCCC1=CCCCC1. The molecule has 126 valence electrons. The number of nitrogens with one attached hydrogen (secondary N) is 2. The Balaban J connectivity index is 1.64. The van der Waals surface area contributed by atoms with Crippen LogP contribution in [0.3, 0.4) is 0 Å². The molecule has 4 heteroatoms. The summed E-state index contributed by atoms with van der Waals surface area (Å²) in [6, 6.07) is 7.81. The van der Waals surface area contributed by atoms with Crippen LogP contribution < -0.4 is 15.4 Å². The molecule has 0 spiro atoms. The van der Waals surface area contributed by atoms with Gasteiger partial charge in [0.2, 0.25) is 5.91 Å². The number of allylic oxidation sites excluding steroid dienone is 1. The quantitative estimate of drug-likeness (QED) is 0.679. The Hall–Kier alpha value is -1.97. The van der Waals surface area contributed by atoms with Crippen molar-refractivity contribution in [2.24, 2.45) is 0 Å². The third-order valence-electron chi connectivity index (χ3n) is 4.01. The van der Waals surface area contributed by atoms with Gasteiger partial charge >= 0.3 is 0 Å². The summed E-state index contributed by atoms with van der Waals surface area (Å²) in [5.41, 5.74) is 2.44. The van der Waals surface area contributed by atoms with E-state index in [1.807, 2.05) is 31.2 Å². The second-order valence-corrected chi connectivity index (χ2v) is 5.81. The fourth-order valence-corrected chi connectivity index (χ4v) is 2.79. The first-order chi connectivity index (χ1) is 11.3. The first-order valence-corrected chi connectivity index (χ1v) is 8.70. The van der Waals surface area contributed by atoms with Crippen LogP contribution in [0, 0.1) is 0 Å². The number of para-hydroxylation sites is 2. The molecule has 0 aliphatic heterocycles. The van der Waals surface area contributed by atoms with Gasteiger partial charge in [0.25, 0.3) is 0 Å². The van der Waals surface area contributed by atoms with Gasteiger partial charge in [0.1, 0.15) is 5.75 Å². The molecular formula is C19H28N2O2. The van der Waals surface area contributed by atoms with Crippen molar-refractivity contribution in [3.05, 3.63) is 35.9 Å². The minimum absolute atomic E-state index is 0.0998. The van der Waals surface area contributed by atoms with Crippen LogP contribution >= 0.6 is 0 Å². The number of benzene rings is 1. The number of hydrogen-bond acceptors (Lipinski definition) is 3. The predicted octanol–water partition coefficient (Wildman–Crippen LogP) is 3.89. The van der Waals surface area contributed by atoms with E-state index in [0.29, 0.717) is 19.6 Å². The van der Waals surface area contributed by atoms with E-state index < -0.39 is 0 Å². The molecule has 0 saturated carbocycles. The lowest BCUT2D eigenvalue weighted by Crippen LogP contribution is -2.26. The van der Waals surface area contributed by atoms with Gasteiger partial charge in [-0.15, -0.1) is 0 Å². The molecule has 2 rings (SSSR count). The Morgan fingerprint density at radius 1 is 1.22 bits per heavy atom. The maximum Gasteiger partial charge on any atom is 0.221 e. The number of carbonyl (C=O) groups excluding carboxylic acids is 1. The van der Waals surface area contributed by atoms with Crippen molar-refractivity contribution in [1.82, 2.24) is 5.32 Å². The van der Waals surface area contributed by atoms with Gasteiger partial charge in [-0.1, -0.05) is 23.8 Å². The van der Waals surface area contributed by atoms with Crippen LogP contribution in [0.4, 0.5) is 5.69 Å². The normalized spacial score (nSPS) is 14.0. The van der Waals surface area contributed by atoms with Crippen LogP contribution in [0.2, 0.25) is 0 Å². The molecule has 0 bridgehead atoms. The number of ether oxygens (including phenoxy) is 1. The molecule has 23 heavy (non-hydrogen) atoms. The Bertz CT molecular complexity index is 526. The zero-order chi connectivity index (χ0) is 16.3. The van der Waals surface area contributed by atoms with Crippen molar-refractivity contribution in [3.8, 4) is 5.75 Å². The molecule has 1 aliphatic carbocycles. The maximum atomic E-state index is 11.9. The van der Waals surface area contributed by atoms with E-state index in [1.54, 1.807) is 0 Å². The van der Waals surface area contributed by atoms with Crippen molar-refractivity contribution < 1.29 is 9.53 Å². The van der Waals surface area contributed by atoms with Crippen molar-refractivity contribution >= 4 is 11.6 Å². The van der Waals surface area contributed by atoms with Crippen LogP contribution in [0.25, 0.3) is 0 Å². The van der Waals surface area contributed by atoms with Crippen molar-refractivity contribution in [2.45, 2.75) is 45.4 Å². The van der Waals surface area contributed by atoms with E-state index in [4.69, 9.17) is 4.74 Å². The molecular weight excluding hydrogens is 288 g/mol. The summed E-state index contributed by atoms with van der Waals surface area (Å²) in [6.07, 6.45) is 8.81. The zero-order valence-corrected chi connectivity index (χ0v) is 14.1. The van der Waals surface area contributed by atoms with Gasteiger partial charge < -0.3 is 15.4 Å². The topological polar surface area (TPSA) is 50.4 Å². The summed E-state index contributed by atoms with van der Waals surface area (Å²) in [5, 5.41) is 6.28. The van der Waals surface area contributed by atoms with Gasteiger partial charge in [-0.3, -0.25) is 4.79 Å². The molecule has 1 amide bonds. The number of hydrogen-bond donors (Lipinski definition) is 2. The first-order valence-electron chi connectivity index (χ1n) is 8.70. The molecule has 0 heterocycles. The van der Waals surface area contributed by atoms with E-state index in [9.17, 15) is 4.79 Å². The monoisotopic (exact) mass is 316 g/mol. The summed E-state index contributed by atoms with van der Waals surface area (Å²) >= 11 is 0. The molecule has 0 radical (unpaired) electrons. The molecule has 0 atom stereocenters. The smallest absolute Gasteiger partial charge is 0.221 e. The van der Waals surface area contributed by atoms with Gasteiger partial charge in [0.15, 0.2) is 0 Å². The van der Waals surface area contributed by atoms with E-state index in [1.165, 1.54) is 31.3 Å². The minimum atomic E-state index is 0.0998. The van der Waals surface area contributed by atoms with Crippen molar-refractivity contribution in [1.29, 1.82) is 0 Å². The van der Waals surface area contributed by atoms with Crippen molar-refractivity contribution in [2.75, 3.05) is 25.0 Å². The lowest BCUT2D eigenvalue weighted by atomic mass is 9.97. The Labute approximate surface area is 139 Å². The largest absolute Gasteiger partial charge is 0.492 e. The number of rotatable bonds is 9. The standard InChI is InChI=1S/C19H28N2O2/c1-2-23-18-11-7-6-10-17(18)20-15-13-19(22)21-14-12-16-8-4-3-5-9-16/h6-8,10-11,20H,2-5,9,12-15H2,1H3,(H,21,22). The van der Waals surface area contributed by atoms with Crippen molar-refractivity contribution in [3.63, 3.8) is 0 Å². The van der Waals surface area contributed by atoms with Crippen LogP contribution in [-0.4, -0.2) is 25.6 Å². The second kappa shape index (κ2) is 9.93. The highest BCUT2D eigenvalue weighted by atomic mass is 16.5. The highest BCUT2D eigenvalue weighted by Crippen LogP contribution is 2.23. The molecule has 1 aromatic carbocycles. The molecule has 1 aliphatic rings. The highest BCUT2D eigenvalue weighted by Gasteiger charge is 2.06. The molecule has 2 N–H and O–H groups in total. The van der Waals surface area contributed by atoms with E-state index in [0.717, 1.165) is 24.4 Å². The summed E-state index contributed by atoms with van der Waals surface area (Å²) in [7, 11) is 0. The second-order valence-electron chi connectivity index (χ2n) is 5.81. The molecule has 0 saturated heterocycles.